The van der Waals surface area contributed by atoms with Crippen LogP contribution in [0.15, 0.2) is 47.1 Å². The molecule has 1 heterocycles. The zero-order valence-corrected chi connectivity index (χ0v) is 11.3. The van der Waals surface area contributed by atoms with Gasteiger partial charge in [0, 0.05) is 12.1 Å². The van der Waals surface area contributed by atoms with E-state index in [4.69, 9.17) is 4.42 Å². The van der Waals surface area contributed by atoms with E-state index in [1.807, 2.05) is 18.0 Å². The predicted molar refractivity (Wildman–Crippen MR) is 73.3 cm³/mol. The van der Waals surface area contributed by atoms with Gasteiger partial charge in [-0.15, -0.1) is 0 Å². The molecule has 2 rings (SSSR count). The van der Waals surface area contributed by atoms with E-state index in [0.717, 1.165) is 5.76 Å². The lowest BCUT2D eigenvalue weighted by molar-refractivity contribution is -0.122. The molecular weight excluding hydrogens is 259 g/mol. The fourth-order valence-corrected chi connectivity index (χ4v) is 1.86. The summed E-state index contributed by atoms with van der Waals surface area (Å²) in [5, 5.41) is 2.70. The number of amides is 1. The molecule has 0 spiro atoms. The van der Waals surface area contributed by atoms with E-state index in [2.05, 4.69) is 5.32 Å². The minimum atomic E-state index is -0.309. The molecule has 0 aliphatic carbocycles. The van der Waals surface area contributed by atoms with Crippen molar-refractivity contribution in [3.8, 4) is 0 Å². The lowest BCUT2D eigenvalue weighted by atomic mass is 10.2. The highest BCUT2D eigenvalue weighted by Crippen LogP contribution is 2.06. The Morgan fingerprint density at radius 1 is 1.30 bits per heavy atom. The quantitative estimate of drug-likeness (QED) is 0.879. The van der Waals surface area contributed by atoms with Crippen LogP contribution < -0.4 is 5.32 Å². The number of hydrogen-bond donors (Lipinski definition) is 1. The molecular formula is C15H17FN2O2. The van der Waals surface area contributed by atoms with Crippen LogP contribution in [-0.4, -0.2) is 24.4 Å². The monoisotopic (exact) mass is 276 g/mol. The van der Waals surface area contributed by atoms with Crippen molar-refractivity contribution in [2.75, 3.05) is 13.6 Å². The largest absolute Gasteiger partial charge is 0.468 e. The number of halogens is 1. The van der Waals surface area contributed by atoms with Gasteiger partial charge in [-0.05, 0) is 25.2 Å². The molecule has 0 atom stereocenters. The molecule has 2 aromatic rings. The SMILES string of the molecule is CN(CC(=O)NCc1ccccc1F)Cc1ccco1. The summed E-state index contributed by atoms with van der Waals surface area (Å²) in [6, 6.07) is 10.1. The first-order valence-electron chi connectivity index (χ1n) is 6.36. The van der Waals surface area contributed by atoms with Crippen LogP contribution in [0.25, 0.3) is 0 Å². The minimum Gasteiger partial charge on any atom is -0.468 e. The van der Waals surface area contributed by atoms with Gasteiger partial charge in [0.1, 0.15) is 11.6 Å². The van der Waals surface area contributed by atoms with Gasteiger partial charge in [-0.3, -0.25) is 9.69 Å². The van der Waals surface area contributed by atoms with E-state index in [9.17, 15) is 9.18 Å². The minimum absolute atomic E-state index is 0.151. The van der Waals surface area contributed by atoms with Gasteiger partial charge in [0.25, 0.3) is 0 Å². The molecule has 0 bridgehead atoms. The Balaban J connectivity index is 1.76. The molecule has 5 heteroatoms. The molecule has 0 radical (unpaired) electrons. The van der Waals surface area contributed by atoms with E-state index in [1.54, 1.807) is 30.5 Å². The van der Waals surface area contributed by atoms with Crippen molar-refractivity contribution in [3.63, 3.8) is 0 Å². The summed E-state index contributed by atoms with van der Waals surface area (Å²) < 4.78 is 18.6. The molecule has 4 nitrogen and oxygen atoms in total. The summed E-state index contributed by atoms with van der Waals surface area (Å²) in [6.45, 7) is 0.982. The molecule has 20 heavy (non-hydrogen) atoms. The normalized spacial score (nSPS) is 10.8. The Morgan fingerprint density at radius 3 is 2.80 bits per heavy atom. The van der Waals surface area contributed by atoms with Gasteiger partial charge in [0.2, 0.25) is 5.91 Å². The number of furan rings is 1. The number of rotatable bonds is 6. The molecule has 0 aliphatic heterocycles. The lowest BCUT2D eigenvalue weighted by Gasteiger charge is -2.14. The van der Waals surface area contributed by atoms with Crippen molar-refractivity contribution in [2.45, 2.75) is 13.1 Å². The second-order valence-corrected chi connectivity index (χ2v) is 4.62. The molecule has 0 fully saturated rings. The van der Waals surface area contributed by atoms with E-state index in [-0.39, 0.29) is 24.8 Å². The molecule has 1 N–H and O–H groups in total. The number of carbonyl (C=O) groups excluding carboxylic acids is 1. The first kappa shape index (κ1) is 14.3. The Kier molecular flexibility index (Phi) is 4.90. The highest BCUT2D eigenvalue weighted by molar-refractivity contribution is 5.77. The third-order valence-electron chi connectivity index (χ3n) is 2.85. The van der Waals surface area contributed by atoms with Gasteiger partial charge < -0.3 is 9.73 Å². The molecule has 106 valence electrons. The Morgan fingerprint density at radius 2 is 2.10 bits per heavy atom. The average Bonchev–Trinajstić information content (AvgIpc) is 2.90. The van der Waals surface area contributed by atoms with Gasteiger partial charge in [-0.25, -0.2) is 4.39 Å². The molecule has 0 unspecified atom stereocenters. The summed E-state index contributed by atoms with van der Waals surface area (Å²) in [5.41, 5.74) is 0.481. The fourth-order valence-electron chi connectivity index (χ4n) is 1.86. The number of nitrogens with zero attached hydrogens (tertiary/aromatic N) is 1. The summed E-state index contributed by atoms with van der Waals surface area (Å²) >= 11 is 0. The smallest absolute Gasteiger partial charge is 0.234 e. The second-order valence-electron chi connectivity index (χ2n) is 4.62. The van der Waals surface area contributed by atoms with Crippen LogP contribution in [-0.2, 0) is 17.9 Å². The highest BCUT2D eigenvalue weighted by Gasteiger charge is 2.09. The number of nitrogens with one attached hydrogen (secondary N) is 1. The number of hydrogen-bond acceptors (Lipinski definition) is 3. The van der Waals surface area contributed by atoms with Gasteiger partial charge in [-0.1, -0.05) is 18.2 Å². The van der Waals surface area contributed by atoms with Gasteiger partial charge in [0.05, 0.1) is 19.4 Å². The lowest BCUT2D eigenvalue weighted by Crippen LogP contribution is -2.34. The maximum atomic E-state index is 13.4. The number of carbonyl (C=O) groups is 1. The molecule has 0 saturated heterocycles. The van der Waals surface area contributed by atoms with Crippen molar-refractivity contribution in [3.05, 3.63) is 59.8 Å². The highest BCUT2D eigenvalue weighted by atomic mass is 19.1. The van der Waals surface area contributed by atoms with E-state index in [1.165, 1.54) is 6.07 Å². The summed E-state index contributed by atoms with van der Waals surface area (Å²) in [6.07, 6.45) is 1.60. The van der Waals surface area contributed by atoms with E-state index < -0.39 is 0 Å². The van der Waals surface area contributed by atoms with Crippen LogP contribution in [0.5, 0.6) is 0 Å². The third-order valence-corrected chi connectivity index (χ3v) is 2.85. The number of likely N-dealkylation sites (N-methyl/N-ethyl adjacent to an activating group) is 1. The first-order chi connectivity index (χ1) is 9.65. The van der Waals surface area contributed by atoms with Crippen molar-refractivity contribution in [2.24, 2.45) is 0 Å². The molecule has 1 amide bonds. The van der Waals surface area contributed by atoms with E-state index >= 15 is 0 Å². The molecule has 0 aliphatic rings. The Bertz CT molecular complexity index is 555. The van der Waals surface area contributed by atoms with Crippen LogP contribution in [0.3, 0.4) is 0 Å². The topological polar surface area (TPSA) is 45.5 Å². The fraction of sp³-hybridized carbons (Fsp3) is 0.267. The van der Waals surface area contributed by atoms with Crippen LogP contribution in [0, 0.1) is 5.82 Å². The summed E-state index contributed by atoms with van der Waals surface area (Å²) in [5.74, 6) is 0.341. The van der Waals surface area contributed by atoms with Crippen molar-refractivity contribution in [1.29, 1.82) is 0 Å². The Hall–Kier alpha value is -2.14. The predicted octanol–water partition coefficient (Wildman–Crippen LogP) is 2.17. The summed E-state index contributed by atoms with van der Waals surface area (Å²) in [4.78, 5) is 13.6. The molecule has 1 aromatic heterocycles. The average molecular weight is 276 g/mol. The van der Waals surface area contributed by atoms with Crippen molar-refractivity contribution < 1.29 is 13.6 Å². The van der Waals surface area contributed by atoms with Gasteiger partial charge in [-0.2, -0.15) is 0 Å². The summed E-state index contributed by atoms with van der Waals surface area (Å²) in [7, 11) is 1.82. The van der Waals surface area contributed by atoms with Crippen LogP contribution in [0.4, 0.5) is 4.39 Å². The van der Waals surface area contributed by atoms with Crippen molar-refractivity contribution in [1.82, 2.24) is 10.2 Å². The van der Waals surface area contributed by atoms with Gasteiger partial charge in [0.15, 0.2) is 0 Å². The van der Waals surface area contributed by atoms with Crippen LogP contribution in [0.1, 0.15) is 11.3 Å². The first-order valence-corrected chi connectivity index (χ1v) is 6.36. The van der Waals surface area contributed by atoms with Gasteiger partial charge >= 0.3 is 0 Å². The van der Waals surface area contributed by atoms with E-state index in [0.29, 0.717) is 12.1 Å². The molecule has 0 saturated carbocycles. The van der Waals surface area contributed by atoms with Crippen LogP contribution >= 0.6 is 0 Å². The Labute approximate surface area is 117 Å². The zero-order chi connectivity index (χ0) is 14.4. The maximum absolute atomic E-state index is 13.4. The third kappa shape index (κ3) is 4.20. The second kappa shape index (κ2) is 6.86. The standard InChI is InChI=1S/C15H17FN2O2/c1-18(10-13-6-4-8-20-13)11-15(19)17-9-12-5-2-3-7-14(12)16/h2-8H,9-11H2,1H3,(H,17,19). The maximum Gasteiger partial charge on any atom is 0.234 e. The molecule has 1 aromatic carbocycles. The van der Waals surface area contributed by atoms with Crippen molar-refractivity contribution >= 4 is 5.91 Å². The van der Waals surface area contributed by atoms with Crippen LogP contribution in [0.2, 0.25) is 0 Å². The number of benzene rings is 1. The zero-order valence-electron chi connectivity index (χ0n) is 11.3.